The summed E-state index contributed by atoms with van der Waals surface area (Å²) < 4.78 is 0. The molecule has 5 heteroatoms. The van der Waals surface area contributed by atoms with Gasteiger partial charge in [-0.1, -0.05) is 32.4 Å². The summed E-state index contributed by atoms with van der Waals surface area (Å²) in [4.78, 5) is 15.0. The number of aromatic carboxylic acids is 1. The molecule has 0 aliphatic carbocycles. The third-order valence-electron chi connectivity index (χ3n) is 2.26. The zero-order valence-electron chi connectivity index (χ0n) is 10.2. The van der Waals surface area contributed by atoms with Crippen LogP contribution in [0.5, 0.6) is 0 Å². The van der Waals surface area contributed by atoms with Gasteiger partial charge in [-0.25, -0.2) is 9.78 Å². The molecule has 0 atom stereocenters. The molecule has 0 fully saturated rings. The summed E-state index contributed by atoms with van der Waals surface area (Å²) >= 11 is 5.75. The number of hydrogen-bond acceptors (Lipinski definition) is 3. The van der Waals surface area contributed by atoms with Gasteiger partial charge in [0.2, 0.25) is 0 Å². The number of rotatable bonds is 4. The van der Waals surface area contributed by atoms with Gasteiger partial charge >= 0.3 is 5.97 Å². The summed E-state index contributed by atoms with van der Waals surface area (Å²) in [6.45, 7) is 7.03. The highest BCUT2D eigenvalue weighted by Crippen LogP contribution is 2.20. The van der Waals surface area contributed by atoms with Gasteiger partial charge in [-0.15, -0.1) is 0 Å². The normalized spacial score (nSPS) is 11.3. The highest BCUT2D eigenvalue weighted by Gasteiger charge is 2.13. The highest BCUT2D eigenvalue weighted by molar-refractivity contribution is 6.29. The summed E-state index contributed by atoms with van der Waals surface area (Å²) in [6, 6.07) is 2.93. The minimum Gasteiger partial charge on any atom is -0.478 e. The number of nitrogens with one attached hydrogen (secondary N) is 1. The maximum Gasteiger partial charge on any atom is 0.339 e. The Bertz CT molecular complexity index is 413. The summed E-state index contributed by atoms with van der Waals surface area (Å²) in [5, 5.41) is 12.3. The molecular weight excluding hydrogens is 240 g/mol. The highest BCUT2D eigenvalue weighted by atomic mass is 35.5. The molecule has 1 rings (SSSR count). The van der Waals surface area contributed by atoms with Crippen LogP contribution in [0.15, 0.2) is 12.1 Å². The lowest BCUT2D eigenvalue weighted by Gasteiger charge is -2.18. The predicted octanol–water partition coefficient (Wildman–Crippen LogP) is 3.28. The number of anilines is 1. The molecule has 1 aromatic heterocycles. The van der Waals surface area contributed by atoms with E-state index in [1.807, 2.05) is 0 Å². The molecule has 4 nitrogen and oxygen atoms in total. The molecule has 0 bridgehead atoms. The van der Waals surface area contributed by atoms with Crippen molar-refractivity contribution >= 4 is 23.4 Å². The van der Waals surface area contributed by atoms with Crippen LogP contribution in [0.2, 0.25) is 5.15 Å². The van der Waals surface area contributed by atoms with Crippen LogP contribution in [-0.4, -0.2) is 22.6 Å². The number of carboxylic acids is 1. The van der Waals surface area contributed by atoms with E-state index in [4.69, 9.17) is 16.7 Å². The van der Waals surface area contributed by atoms with Crippen molar-refractivity contribution in [1.82, 2.24) is 4.98 Å². The van der Waals surface area contributed by atoms with Gasteiger partial charge < -0.3 is 10.4 Å². The fourth-order valence-corrected chi connectivity index (χ4v) is 1.45. The number of halogens is 1. The van der Waals surface area contributed by atoms with Crippen molar-refractivity contribution in [3.63, 3.8) is 0 Å². The molecule has 0 saturated carbocycles. The van der Waals surface area contributed by atoms with E-state index < -0.39 is 5.97 Å². The first-order valence-corrected chi connectivity index (χ1v) is 5.81. The van der Waals surface area contributed by atoms with Crippen LogP contribution in [0.25, 0.3) is 0 Å². The van der Waals surface area contributed by atoms with Crippen molar-refractivity contribution in [2.45, 2.75) is 27.2 Å². The summed E-state index contributed by atoms with van der Waals surface area (Å²) in [7, 11) is 0. The van der Waals surface area contributed by atoms with E-state index in [1.54, 1.807) is 0 Å². The first-order valence-electron chi connectivity index (χ1n) is 5.43. The Morgan fingerprint density at radius 1 is 1.47 bits per heavy atom. The second-order valence-corrected chi connectivity index (χ2v) is 5.46. The summed E-state index contributed by atoms with van der Waals surface area (Å²) in [5.41, 5.74) is 0.331. The van der Waals surface area contributed by atoms with Crippen molar-refractivity contribution < 1.29 is 9.90 Å². The van der Waals surface area contributed by atoms with Crippen LogP contribution in [0.3, 0.4) is 0 Å². The number of aromatic nitrogens is 1. The van der Waals surface area contributed by atoms with Gasteiger partial charge in [0.25, 0.3) is 0 Å². The Kier molecular flexibility index (Phi) is 4.34. The minimum atomic E-state index is -1.01. The molecule has 0 unspecified atom stereocenters. The third kappa shape index (κ3) is 4.61. The van der Waals surface area contributed by atoms with E-state index in [0.717, 1.165) is 6.42 Å². The number of hydrogen-bond donors (Lipinski definition) is 2. The van der Waals surface area contributed by atoms with Crippen molar-refractivity contribution in [1.29, 1.82) is 0 Å². The lowest BCUT2D eigenvalue weighted by molar-refractivity contribution is 0.0697. The Morgan fingerprint density at radius 2 is 2.12 bits per heavy atom. The quantitative estimate of drug-likeness (QED) is 0.812. The SMILES string of the molecule is CC(C)(C)CCNc1nc(Cl)ccc1C(=O)O. The molecule has 94 valence electrons. The lowest BCUT2D eigenvalue weighted by Crippen LogP contribution is -2.15. The van der Waals surface area contributed by atoms with Crippen LogP contribution in [-0.2, 0) is 0 Å². The molecule has 17 heavy (non-hydrogen) atoms. The van der Waals surface area contributed by atoms with Crippen LogP contribution in [0, 0.1) is 5.41 Å². The van der Waals surface area contributed by atoms with Crippen molar-refractivity contribution in [2.24, 2.45) is 5.41 Å². The average molecular weight is 257 g/mol. The molecule has 1 aromatic rings. The third-order valence-corrected chi connectivity index (χ3v) is 2.47. The van der Waals surface area contributed by atoms with Gasteiger partial charge in [0.15, 0.2) is 0 Å². The maximum atomic E-state index is 11.0. The van der Waals surface area contributed by atoms with E-state index in [0.29, 0.717) is 12.4 Å². The first kappa shape index (κ1) is 13.8. The molecule has 0 aliphatic heterocycles. The van der Waals surface area contributed by atoms with E-state index in [9.17, 15) is 4.79 Å². The molecule has 0 saturated heterocycles. The fourth-order valence-electron chi connectivity index (χ4n) is 1.30. The van der Waals surface area contributed by atoms with Crippen molar-refractivity contribution in [3.05, 3.63) is 22.8 Å². The molecule has 0 radical (unpaired) electrons. The van der Waals surface area contributed by atoms with Crippen molar-refractivity contribution in [3.8, 4) is 0 Å². The van der Waals surface area contributed by atoms with E-state index in [1.165, 1.54) is 12.1 Å². The average Bonchev–Trinajstić information content (AvgIpc) is 2.15. The monoisotopic (exact) mass is 256 g/mol. The fraction of sp³-hybridized carbons (Fsp3) is 0.500. The molecule has 0 amide bonds. The van der Waals surface area contributed by atoms with Crippen LogP contribution >= 0.6 is 11.6 Å². The molecular formula is C12H17ClN2O2. The molecule has 0 aliphatic rings. The smallest absolute Gasteiger partial charge is 0.339 e. The lowest BCUT2D eigenvalue weighted by atomic mass is 9.92. The molecule has 0 spiro atoms. The predicted molar refractivity (Wildman–Crippen MR) is 68.8 cm³/mol. The van der Waals surface area contributed by atoms with Crippen LogP contribution < -0.4 is 5.32 Å². The first-order chi connectivity index (χ1) is 7.79. The number of carbonyl (C=O) groups is 1. The summed E-state index contributed by atoms with van der Waals surface area (Å²) in [5.74, 6) is -0.679. The van der Waals surface area contributed by atoms with Crippen LogP contribution in [0.4, 0.5) is 5.82 Å². The Labute approximate surface area is 106 Å². The topological polar surface area (TPSA) is 62.2 Å². The zero-order chi connectivity index (χ0) is 13.1. The van der Waals surface area contributed by atoms with Gasteiger partial charge in [-0.2, -0.15) is 0 Å². The Balaban J connectivity index is 2.75. The van der Waals surface area contributed by atoms with E-state index >= 15 is 0 Å². The largest absolute Gasteiger partial charge is 0.478 e. The van der Waals surface area contributed by atoms with E-state index in [2.05, 4.69) is 31.1 Å². The van der Waals surface area contributed by atoms with Gasteiger partial charge in [-0.05, 0) is 24.0 Å². The van der Waals surface area contributed by atoms with Crippen LogP contribution in [0.1, 0.15) is 37.6 Å². The van der Waals surface area contributed by atoms with Gasteiger partial charge in [0.05, 0.1) is 0 Å². The standard InChI is InChI=1S/C12H17ClN2O2/c1-12(2,3)6-7-14-10-8(11(16)17)4-5-9(13)15-10/h4-5H,6-7H2,1-3H3,(H,14,15)(H,16,17). The molecule has 0 aromatic carbocycles. The van der Waals surface area contributed by atoms with E-state index in [-0.39, 0.29) is 16.1 Å². The minimum absolute atomic E-state index is 0.142. The second-order valence-electron chi connectivity index (χ2n) is 5.07. The van der Waals surface area contributed by atoms with Gasteiger partial charge in [0, 0.05) is 6.54 Å². The molecule has 1 heterocycles. The van der Waals surface area contributed by atoms with Gasteiger partial charge in [-0.3, -0.25) is 0 Å². The maximum absolute atomic E-state index is 11.0. The Hall–Kier alpha value is -1.29. The number of pyridine rings is 1. The Morgan fingerprint density at radius 3 is 2.65 bits per heavy atom. The summed E-state index contributed by atoms with van der Waals surface area (Å²) in [6.07, 6.45) is 0.917. The van der Waals surface area contributed by atoms with Gasteiger partial charge in [0.1, 0.15) is 16.5 Å². The number of nitrogens with zero attached hydrogens (tertiary/aromatic N) is 1. The second kappa shape index (κ2) is 5.36. The number of carboxylic acid groups (broad SMARTS) is 1. The molecule has 2 N–H and O–H groups in total. The zero-order valence-corrected chi connectivity index (χ0v) is 11.0. The van der Waals surface area contributed by atoms with Crippen molar-refractivity contribution in [2.75, 3.05) is 11.9 Å².